The molecule has 4 heteroatoms. The Balaban J connectivity index is 1.64. The van der Waals surface area contributed by atoms with E-state index in [9.17, 15) is 0 Å². The molecular formula is C15H21N3O. The summed E-state index contributed by atoms with van der Waals surface area (Å²) in [7, 11) is 2.15. The lowest BCUT2D eigenvalue weighted by Crippen LogP contribution is -2.42. The molecule has 2 heterocycles. The minimum atomic E-state index is 0.487. The number of H-pyrrole nitrogens is 1. The summed E-state index contributed by atoms with van der Waals surface area (Å²) in [5.74, 6) is 0. The van der Waals surface area contributed by atoms with Crippen molar-refractivity contribution in [3.63, 3.8) is 0 Å². The first-order valence-corrected chi connectivity index (χ1v) is 6.93. The van der Waals surface area contributed by atoms with Crippen molar-refractivity contribution in [2.24, 2.45) is 0 Å². The number of ether oxygens (including phenoxy) is 1. The highest BCUT2D eigenvalue weighted by atomic mass is 16.5. The molecule has 4 nitrogen and oxygen atoms in total. The Labute approximate surface area is 113 Å². The first-order chi connectivity index (χ1) is 9.34. The summed E-state index contributed by atoms with van der Waals surface area (Å²) in [6.45, 7) is 3.68. The van der Waals surface area contributed by atoms with Gasteiger partial charge in [-0.1, -0.05) is 18.2 Å². The average molecular weight is 259 g/mol. The maximum Gasteiger partial charge on any atom is 0.0621 e. The van der Waals surface area contributed by atoms with E-state index in [-0.39, 0.29) is 0 Å². The number of benzene rings is 1. The highest BCUT2D eigenvalue weighted by Gasteiger charge is 2.14. The average Bonchev–Trinajstić information content (AvgIpc) is 2.90. The number of hydrogen-bond donors (Lipinski definition) is 2. The van der Waals surface area contributed by atoms with Crippen LogP contribution in [0.2, 0.25) is 0 Å². The Bertz CT molecular complexity index is 531. The van der Waals surface area contributed by atoms with Crippen LogP contribution in [0.3, 0.4) is 0 Å². The molecule has 1 atom stereocenters. The third kappa shape index (κ3) is 2.74. The molecule has 3 rings (SSSR count). The molecule has 0 saturated carbocycles. The largest absolute Gasteiger partial charge is 0.379 e. The van der Waals surface area contributed by atoms with Crippen molar-refractivity contribution in [1.82, 2.24) is 10.3 Å². The molecule has 1 fully saturated rings. The zero-order chi connectivity index (χ0) is 13.1. The summed E-state index contributed by atoms with van der Waals surface area (Å²) in [4.78, 5) is 5.64. The number of fused-ring (bicyclic) bond motifs is 1. The summed E-state index contributed by atoms with van der Waals surface area (Å²) < 4.78 is 5.49. The van der Waals surface area contributed by atoms with E-state index in [1.165, 1.54) is 16.6 Å². The van der Waals surface area contributed by atoms with Crippen LogP contribution < -0.4 is 10.2 Å². The van der Waals surface area contributed by atoms with Gasteiger partial charge in [-0.25, -0.2) is 0 Å². The molecule has 1 aliphatic rings. The fourth-order valence-electron chi connectivity index (χ4n) is 2.65. The monoisotopic (exact) mass is 259 g/mol. The van der Waals surface area contributed by atoms with Crippen molar-refractivity contribution < 1.29 is 4.74 Å². The number of hydrogen-bond acceptors (Lipinski definition) is 3. The van der Waals surface area contributed by atoms with Crippen LogP contribution >= 0.6 is 0 Å². The molecule has 1 saturated heterocycles. The first-order valence-electron chi connectivity index (χ1n) is 6.93. The normalized spacial score (nSPS) is 19.7. The smallest absolute Gasteiger partial charge is 0.0621 e. The number of anilines is 1. The second-order valence-corrected chi connectivity index (χ2v) is 5.16. The van der Waals surface area contributed by atoms with E-state index in [1.54, 1.807) is 0 Å². The van der Waals surface area contributed by atoms with Crippen LogP contribution in [0.1, 0.15) is 6.42 Å². The van der Waals surface area contributed by atoms with Crippen LogP contribution in [0, 0.1) is 0 Å². The Morgan fingerprint density at radius 2 is 2.26 bits per heavy atom. The van der Waals surface area contributed by atoms with Crippen LogP contribution in [-0.2, 0) is 4.74 Å². The standard InChI is InChI=1S/C15H21N3O/c1-18(8-6-12-11-19-9-7-16-12)15-10-17-14-5-3-2-4-13(14)15/h2-5,10,12,16-17H,6-9,11H2,1H3. The first kappa shape index (κ1) is 12.5. The van der Waals surface area contributed by atoms with Crippen LogP contribution in [0.25, 0.3) is 10.9 Å². The van der Waals surface area contributed by atoms with Gasteiger partial charge in [0.25, 0.3) is 0 Å². The maximum atomic E-state index is 5.49. The summed E-state index contributed by atoms with van der Waals surface area (Å²) >= 11 is 0. The van der Waals surface area contributed by atoms with E-state index in [0.29, 0.717) is 6.04 Å². The molecule has 19 heavy (non-hydrogen) atoms. The van der Waals surface area contributed by atoms with E-state index in [2.05, 4.69) is 52.7 Å². The summed E-state index contributed by atoms with van der Waals surface area (Å²) in [6.07, 6.45) is 3.20. The van der Waals surface area contributed by atoms with Crippen LogP contribution in [-0.4, -0.2) is 44.4 Å². The number of aromatic amines is 1. The number of nitrogens with one attached hydrogen (secondary N) is 2. The quantitative estimate of drug-likeness (QED) is 0.882. The van der Waals surface area contributed by atoms with Crippen LogP contribution in [0.5, 0.6) is 0 Å². The van der Waals surface area contributed by atoms with Gasteiger partial charge in [0.2, 0.25) is 0 Å². The highest BCUT2D eigenvalue weighted by molar-refractivity contribution is 5.92. The number of para-hydroxylation sites is 1. The van der Waals surface area contributed by atoms with Crippen molar-refractivity contribution in [1.29, 1.82) is 0 Å². The number of nitrogens with zero attached hydrogens (tertiary/aromatic N) is 1. The highest BCUT2D eigenvalue weighted by Crippen LogP contribution is 2.25. The zero-order valence-electron chi connectivity index (χ0n) is 11.4. The molecule has 102 valence electrons. The van der Waals surface area contributed by atoms with Crippen molar-refractivity contribution in [3.05, 3.63) is 30.5 Å². The van der Waals surface area contributed by atoms with Crippen molar-refractivity contribution in [2.75, 3.05) is 38.3 Å². The fourth-order valence-corrected chi connectivity index (χ4v) is 2.65. The van der Waals surface area contributed by atoms with Crippen molar-refractivity contribution >= 4 is 16.6 Å². The SMILES string of the molecule is CN(CCC1COCCN1)c1c[nH]c2ccccc12. The molecule has 2 N–H and O–H groups in total. The number of aromatic nitrogens is 1. The molecule has 0 spiro atoms. The van der Waals surface area contributed by atoms with Gasteiger partial charge in [-0.3, -0.25) is 0 Å². The van der Waals surface area contributed by atoms with Gasteiger partial charge in [-0.2, -0.15) is 0 Å². The molecular weight excluding hydrogens is 238 g/mol. The topological polar surface area (TPSA) is 40.3 Å². The van der Waals surface area contributed by atoms with Gasteiger partial charge in [0.05, 0.1) is 18.9 Å². The van der Waals surface area contributed by atoms with E-state index in [1.807, 2.05) is 0 Å². The minimum Gasteiger partial charge on any atom is -0.379 e. The Morgan fingerprint density at radius 3 is 3.11 bits per heavy atom. The van der Waals surface area contributed by atoms with Gasteiger partial charge in [-0.05, 0) is 12.5 Å². The maximum absolute atomic E-state index is 5.49. The molecule has 1 unspecified atom stereocenters. The Hall–Kier alpha value is -1.52. The molecule has 2 aromatic rings. The van der Waals surface area contributed by atoms with Crippen LogP contribution in [0.15, 0.2) is 30.5 Å². The minimum absolute atomic E-state index is 0.487. The predicted molar refractivity (Wildman–Crippen MR) is 78.8 cm³/mol. The lowest BCUT2D eigenvalue weighted by molar-refractivity contribution is 0.0749. The van der Waals surface area contributed by atoms with Crippen molar-refractivity contribution in [2.45, 2.75) is 12.5 Å². The van der Waals surface area contributed by atoms with Gasteiger partial charge in [0.1, 0.15) is 0 Å². The third-order valence-corrected chi connectivity index (χ3v) is 3.79. The lowest BCUT2D eigenvalue weighted by Gasteiger charge is -2.26. The van der Waals surface area contributed by atoms with Gasteiger partial charge in [0, 0.05) is 43.3 Å². The predicted octanol–water partition coefficient (Wildman–Crippen LogP) is 1.98. The fraction of sp³-hybridized carbons (Fsp3) is 0.467. The molecule has 0 bridgehead atoms. The third-order valence-electron chi connectivity index (χ3n) is 3.79. The van der Waals surface area contributed by atoms with E-state index >= 15 is 0 Å². The molecule has 1 aromatic heterocycles. The van der Waals surface area contributed by atoms with Gasteiger partial charge in [0.15, 0.2) is 0 Å². The molecule has 0 amide bonds. The van der Waals surface area contributed by atoms with Gasteiger partial charge < -0.3 is 19.9 Å². The Kier molecular flexibility index (Phi) is 3.71. The summed E-state index contributed by atoms with van der Waals surface area (Å²) in [6, 6.07) is 8.92. The number of morpholine rings is 1. The molecule has 1 aliphatic heterocycles. The number of rotatable bonds is 4. The summed E-state index contributed by atoms with van der Waals surface area (Å²) in [5.41, 5.74) is 2.47. The second kappa shape index (κ2) is 5.63. The van der Waals surface area contributed by atoms with Crippen LogP contribution in [0.4, 0.5) is 5.69 Å². The molecule has 0 aliphatic carbocycles. The summed E-state index contributed by atoms with van der Waals surface area (Å²) in [5, 5.41) is 4.79. The van der Waals surface area contributed by atoms with Crippen molar-refractivity contribution in [3.8, 4) is 0 Å². The van der Waals surface area contributed by atoms with Gasteiger partial charge >= 0.3 is 0 Å². The van der Waals surface area contributed by atoms with E-state index in [0.717, 1.165) is 32.7 Å². The van der Waals surface area contributed by atoms with E-state index in [4.69, 9.17) is 4.74 Å². The molecule has 0 radical (unpaired) electrons. The zero-order valence-corrected chi connectivity index (χ0v) is 11.4. The second-order valence-electron chi connectivity index (χ2n) is 5.16. The van der Waals surface area contributed by atoms with E-state index < -0.39 is 0 Å². The Morgan fingerprint density at radius 1 is 1.37 bits per heavy atom. The lowest BCUT2D eigenvalue weighted by atomic mass is 10.2. The van der Waals surface area contributed by atoms with Gasteiger partial charge in [-0.15, -0.1) is 0 Å². The molecule has 1 aromatic carbocycles.